The van der Waals surface area contributed by atoms with Crippen LogP contribution < -0.4 is 0 Å². The Morgan fingerprint density at radius 3 is 2.70 bits per heavy atom. The SMILES string of the molecule is CCn1c(SCc2nc(C)c(C)o2)nc2ccccc21. The molecule has 0 radical (unpaired) electrons. The predicted octanol–water partition coefficient (Wildman–Crippen LogP) is 3.95. The van der Waals surface area contributed by atoms with Gasteiger partial charge in [0.25, 0.3) is 0 Å². The van der Waals surface area contributed by atoms with Gasteiger partial charge in [0, 0.05) is 6.54 Å². The van der Waals surface area contributed by atoms with Crippen LogP contribution in [0.4, 0.5) is 0 Å². The molecule has 5 heteroatoms. The molecule has 0 aliphatic rings. The minimum atomic E-state index is 0.706. The van der Waals surface area contributed by atoms with E-state index in [0.717, 1.165) is 34.6 Å². The third kappa shape index (κ3) is 2.33. The van der Waals surface area contributed by atoms with Crippen LogP contribution in [0.15, 0.2) is 33.8 Å². The van der Waals surface area contributed by atoms with E-state index in [1.165, 1.54) is 5.52 Å². The molecule has 0 bridgehead atoms. The van der Waals surface area contributed by atoms with Gasteiger partial charge in [-0.3, -0.25) is 0 Å². The Balaban J connectivity index is 1.87. The van der Waals surface area contributed by atoms with Crippen molar-refractivity contribution in [2.24, 2.45) is 0 Å². The number of oxazole rings is 1. The zero-order chi connectivity index (χ0) is 14.1. The molecule has 2 heterocycles. The lowest BCUT2D eigenvalue weighted by molar-refractivity contribution is 0.489. The normalized spacial score (nSPS) is 11.3. The molecule has 3 aromatic rings. The molecule has 104 valence electrons. The van der Waals surface area contributed by atoms with Gasteiger partial charge in [0.2, 0.25) is 5.89 Å². The molecule has 0 fully saturated rings. The topological polar surface area (TPSA) is 43.9 Å². The average Bonchev–Trinajstić information content (AvgIpc) is 2.96. The number of benzene rings is 1. The van der Waals surface area contributed by atoms with Crippen LogP contribution in [0.2, 0.25) is 0 Å². The van der Waals surface area contributed by atoms with Crippen molar-refractivity contribution in [2.45, 2.75) is 38.2 Å². The fraction of sp³-hybridized carbons (Fsp3) is 0.333. The summed E-state index contributed by atoms with van der Waals surface area (Å²) < 4.78 is 7.84. The van der Waals surface area contributed by atoms with E-state index in [1.54, 1.807) is 11.8 Å². The molecular formula is C15H17N3OS. The molecule has 0 unspecified atom stereocenters. The van der Waals surface area contributed by atoms with Crippen molar-refractivity contribution in [3.63, 3.8) is 0 Å². The molecule has 0 aliphatic heterocycles. The van der Waals surface area contributed by atoms with Crippen LogP contribution in [0.25, 0.3) is 11.0 Å². The van der Waals surface area contributed by atoms with Crippen LogP contribution in [-0.2, 0) is 12.3 Å². The van der Waals surface area contributed by atoms with Crippen LogP contribution in [0.3, 0.4) is 0 Å². The maximum absolute atomic E-state index is 5.61. The van der Waals surface area contributed by atoms with E-state index in [4.69, 9.17) is 4.42 Å². The van der Waals surface area contributed by atoms with E-state index in [9.17, 15) is 0 Å². The Kier molecular flexibility index (Phi) is 3.53. The minimum absolute atomic E-state index is 0.706. The number of hydrogen-bond donors (Lipinski definition) is 0. The number of imidazole rings is 1. The van der Waals surface area contributed by atoms with Crippen LogP contribution in [0, 0.1) is 13.8 Å². The second-order valence-corrected chi connectivity index (χ2v) is 5.61. The third-order valence-corrected chi connectivity index (χ3v) is 4.29. The number of fused-ring (bicyclic) bond motifs is 1. The van der Waals surface area contributed by atoms with Crippen LogP contribution in [-0.4, -0.2) is 14.5 Å². The average molecular weight is 287 g/mol. The van der Waals surface area contributed by atoms with Crippen molar-refractivity contribution < 1.29 is 4.42 Å². The van der Waals surface area contributed by atoms with Crippen molar-refractivity contribution in [1.82, 2.24) is 14.5 Å². The number of thioether (sulfide) groups is 1. The lowest BCUT2D eigenvalue weighted by atomic mass is 10.3. The van der Waals surface area contributed by atoms with Gasteiger partial charge in [0.15, 0.2) is 5.16 Å². The summed E-state index contributed by atoms with van der Waals surface area (Å²) >= 11 is 1.67. The van der Waals surface area contributed by atoms with Gasteiger partial charge in [-0.1, -0.05) is 23.9 Å². The van der Waals surface area contributed by atoms with Gasteiger partial charge < -0.3 is 8.98 Å². The third-order valence-electron chi connectivity index (χ3n) is 3.33. The Morgan fingerprint density at radius 1 is 1.20 bits per heavy atom. The van der Waals surface area contributed by atoms with Gasteiger partial charge >= 0.3 is 0 Å². The van der Waals surface area contributed by atoms with Crippen LogP contribution in [0.1, 0.15) is 24.3 Å². The molecule has 0 amide bonds. The summed E-state index contributed by atoms with van der Waals surface area (Å²) in [5.74, 6) is 2.36. The second kappa shape index (κ2) is 5.32. The zero-order valence-electron chi connectivity index (χ0n) is 11.9. The van der Waals surface area contributed by atoms with Gasteiger partial charge in [-0.25, -0.2) is 9.97 Å². The minimum Gasteiger partial charge on any atom is -0.445 e. The molecular weight excluding hydrogens is 270 g/mol. The Hall–Kier alpha value is -1.75. The van der Waals surface area contributed by atoms with Gasteiger partial charge in [0.1, 0.15) is 5.76 Å². The van der Waals surface area contributed by atoms with E-state index < -0.39 is 0 Å². The summed E-state index contributed by atoms with van der Waals surface area (Å²) in [5, 5.41) is 1.02. The fourth-order valence-corrected chi connectivity index (χ4v) is 3.12. The van der Waals surface area contributed by atoms with Gasteiger partial charge in [-0.2, -0.15) is 0 Å². The van der Waals surface area contributed by atoms with E-state index >= 15 is 0 Å². The standard InChI is InChI=1S/C15H17N3OS/c1-4-18-13-8-6-5-7-12(13)17-15(18)20-9-14-16-10(2)11(3)19-14/h5-8H,4,9H2,1-3H3. The quantitative estimate of drug-likeness (QED) is 0.681. The van der Waals surface area contributed by atoms with Gasteiger partial charge in [-0.15, -0.1) is 0 Å². The Morgan fingerprint density at radius 2 is 2.00 bits per heavy atom. The first-order chi connectivity index (χ1) is 9.69. The largest absolute Gasteiger partial charge is 0.445 e. The summed E-state index contributed by atoms with van der Waals surface area (Å²) in [6.45, 7) is 6.95. The van der Waals surface area contributed by atoms with Crippen molar-refractivity contribution in [3.05, 3.63) is 41.6 Å². The van der Waals surface area contributed by atoms with Gasteiger partial charge in [0.05, 0.1) is 22.5 Å². The predicted molar refractivity (Wildman–Crippen MR) is 80.9 cm³/mol. The molecule has 0 atom stereocenters. The molecule has 0 N–H and O–H groups in total. The number of aromatic nitrogens is 3. The van der Waals surface area contributed by atoms with E-state index in [-0.39, 0.29) is 0 Å². The van der Waals surface area contributed by atoms with Crippen molar-refractivity contribution >= 4 is 22.8 Å². The maximum atomic E-state index is 5.61. The van der Waals surface area contributed by atoms with Crippen molar-refractivity contribution in [2.75, 3.05) is 0 Å². The first-order valence-electron chi connectivity index (χ1n) is 6.70. The molecule has 0 aliphatic carbocycles. The lowest BCUT2D eigenvalue weighted by Crippen LogP contribution is -1.96. The van der Waals surface area contributed by atoms with Gasteiger partial charge in [-0.05, 0) is 32.9 Å². The highest BCUT2D eigenvalue weighted by atomic mass is 32.2. The maximum Gasteiger partial charge on any atom is 0.205 e. The molecule has 4 nitrogen and oxygen atoms in total. The number of aryl methyl sites for hydroxylation is 3. The number of hydrogen-bond acceptors (Lipinski definition) is 4. The molecule has 2 aromatic heterocycles. The second-order valence-electron chi connectivity index (χ2n) is 4.67. The van der Waals surface area contributed by atoms with E-state index in [2.05, 4.69) is 27.5 Å². The molecule has 3 rings (SSSR count). The van der Waals surface area contributed by atoms with Crippen molar-refractivity contribution in [1.29, 1.82) is 0 Å². The molecule has 0 spiro atoms. The number of rotatable bonds is 4. The Labute approximate surface area is 122 Å². The summed E-state index contributed by atoms with van der Waals surface area (Å²) in [6, 6.07) is 8.22. The van der Waals surface area contributed by atoms with Crippen molar-refractivity contribution in [3.8, 4) is 0 Å². The van der Waals surface area contributed by atoms with E-state index in [1.807, 2.05) is 32.0 Å². The lowest BCUT2D eigenvalue weighted by Gasteiger charge is -2.03. The summed E-state index contributed by atoms with van der Waals surface area (Å²) in [5.41, 5.74) is 3.18. The summed E-state index contributed by atoms with van der Waals surface area (Å²) in [4.78, 5) is 9.09. The highest BCUT2D eigenvalue weighted by Crippen LogP contribution is 2.26. The highest BCUT2D eigenvalue weighted by Gasteiger charge is 2.12. The molecule has 0 saturated carbocycles. The Bertz CT molecular complexity index is 725. The number of para-hydroxylation sites is 2. The summed E-state index contributed by atoms with van der Waals surface area (Å²) in [6.07, 6.45) is 0. The fourth-order valence-electron chi connectivity index (χ4n) is 2.20. The summed E-state index contributed by atoms with van der Waals surface area (Å²) in [7, 11) is 0. The number of nitrogens with zero attached hydrogens (tertiary/aromatic N) is 3. The van der Waals surface area contributed by atoms with E-state index in [0.29, 0.717) is 5.75 Å². The first kappa shape index (κ1) is 13.2. The highest BCUT2D eigenvalue weighted by molar-refractivity contribution is 7.98. The zero-order valence-corrected chi connectivity index (χ0v) is 12.7. The molecule has 20 heavy (non-hydrogen) atoms. The monoisotopic (exact) mass is 287 g/mol. The van der Waals surface area contributed by atoms with Crippen LogP contribution >= 0.6 is 11.8 Å². The first-order valence-corrected chi connectivity index (χ1v) is 7.68. The molecule has 1 aromatic carbocycles. The molecule has 0 saturated heterocycles. The smallest absolute Gasteiger partial charge is 0.205 e. The van der Waals surface area contributed by atoms with Crippen LogP contribution in [0.5, 0.6) is 0 Å².